The van der Waals surface area contributed by atoms with Crippen molar-refractivity contribution in [1.29, 1.82) is 0 Å². The summed E-state index contributed by atoms with van der Waals surface area (Å²) in [7, 11) is 7.55. The molecule has 0 bridgehead atoms. The van der Waals surface area contributed by atoms with Crippen LogP contribution in [-0.2, 0) is 7.05 Å². The average Bonchev–Trinajstić information content (AvgIpc) is 2.81. The fraction of sp³-hybridized carbons (Fsp3) is 0.714. The first-order valence-electron chi connectivity index (χ1n) is 7.13. The first kappa shape index (κ1) is 17.5. The van der Waals surface area contributed by atoms with Gasteiger partial charge < -0.3 is 20.2 Å². The van der Waals surface area contributed by atoms with Gasteiger partial charge in [-0.15, -0.1) is 0 Å². The van der Waals surface area contributed by atoms with E-state index in [1.807, 2.05) is 38.4 Å². The molecule has 2 amide bonds. The second kappa shape index (κ2) is 7.99. The first-order chi connectivity index (χ1) is 9.81. The maximum Gasteiger partial charge on any atom is 0.317 e. The third-order valence-corrected chi connectivity index (χ3v) is 3.41. The van der Waals surface area contributed by atoms with Crippen molar-refractivity contribution in [3.8, 4) is 0 Å². The highest BCUT2D eigenvalue weighted by Gasteiger charge is 2.18. The number of aromatic nitrogens is 2. The lowest BCUT2D eigenvalue weighted by Crippen LogP contribution is -2.42. The number of hydrogen-bond donors (Lipinski definition) is 2. The number of nitrogens with one attached hydrogen (secondary N) is 1. The fourth-order valence-electron chi connectivity index (χ4n) is 2.01. The van der Waals surface area contributed by atoms with Gasteiger partial charge in [-0.25, -0.2) is 4.79 Å². The topological polar surface area (TPSA) is 73.6 Å². The van der Waals surface area contributed by atoms with E-state index in [0.717, 1.165) is 5.56 Å². The van der Waals surface area contributed by atoms with Crippen LogP contribution in [0.2, 0.25) is 0 Å². The number of carbonyl (C=O) groups is 1. The minimum atomic E-state index is -0.398. The van der Waals surface area contributed by atoms with Crippen LogP contribution in [0.3, 0.4) is 0 Å². The van der Waals surface area contributed by atoms with E-state index in [9.17, 15) is 9.90 Å². The van der Waals surface area contributed by atoms with Crippen molar-refractivity contribution >= 4 is 6.03 Å². The molecule has 120 valence electrons. The summed E-state index contributed by atoms with van der Waals surface area (Å²) < 4.78 is 1.75. The van der Waals surface area contributed by atoms with Crippen LogP contribution >= 0.6 is 0 Å². The summed E-state index contributed by atoms with van der Waals surface area (Å²) in [6.45, 7) is 2.76. The van der Waals surface area contributed by atoms with Gasteiger partial charge in [0.25, 0.3) is 0 Å². The molecule has 0 radical (unpaired) electrons. The summed E-state index contributed by atoms with van der Waals surface area (Å²) in [5.74, 6) is 0. The van der Waals surface area contributed by atoms with E-state index in [0.29, 0.717) is 19.5 Å². The van der Waals surface area contributed by atoms with Crippen LogP contribution in [0.25, 0.3) is 0 Å². The number of rotatable bonds is 7. The van der Waals surface area contributed by atoms with Crippen LogP contribution < -0.4 is 5.32 Å². The summed E-state index contributed by atoms with van der Waals surface area (Å²) in [5.41, 5.74) is 1.06. The van der Waals surface area contributed by atoms with E-state index < -0.39 is 6.10 Å². The molecule has 0 aliphatic carbocycles. The molecule has 2 atom stereocenters. The predicted molar refractivity (Wildman–Crippen MR) is 82.0 cm³/mol. The van der Waals surface area contributed by atoms with Crippen LogP contribution in [0.1, 0.15) is 24.9 Å². The van der Waals surface area contributed by atoms with E-state index in [2.05, 4.69) is 10.4 Å². The van der Waals surface area contributed by atoms with Crippen molar-refractivity contribution < 1.29 is 9.90 Å². The molecular weight excluding hydrogens is 270 g/mol. The smallest absolute Gasteiger partial charge is 0.317 e. The summed E-state index contributed by atoms with van der Waals surface area (Å²) >= 11 is 0. The van der Waals surface area contributed by atoms with E-state index in [1.54, 1.807) is 23.6 Å². The van der Waals surface area contributed by atoms with Gasteiger partial charge >= 0.3 is 6.03 Å². The minimum absolute atomic E-state index is 0.0767. The molecular formula is C14H27N5O2. The van der Waals surface area contributed by atoms with E-state index in [-0.39, 0.29) is 12.1 Å². The van der Waals surface area contributed by atoms with Crippen molar-refractivity contribution in [2.24, 2.45) is 7.05 Å². The quantitative estimate of drug-likeness (QED) is 0.766. The highest BCUT2D eigenvalue weighted by atomic mass is 16.3. The van der Waals surface area contributed by atoms with Gasteiger partial charge in [-0.2, -0.15) is 5.10 Å². The summed E-state index contributed by atoms with van der Waals surface area (Å²) in [6, 6.07) is -0.0563. The Kier molecular flexibility index (Phi) is 6.64. The van der Waals surface area contributed by atoms with Gasteiger partial charge in [0.1, 0.15) is 0 Å². The van der Waals surface area contributed by atoms with Crippen LogP contribution in [0.15, 0.2) is 12.4 Å². The summed E-state index contributed by atoms with van der Waals surface area (Å²) in [4.78, 5) is 15.6. The van der Waals surface area contributed by atoms with Crippen LogP contribution in [-0.4, -0.2) is 71.1 Å². The molecule has 1 rings (SSSR count). The maximum atomic E-state index is 12.0. The molecule has 21 heavy (non-hydrogen) atoms. The molecule has 0 spiro atoms. The molecule has 2 unspecified atom stereocenters. The Morgan fingerprint density at radius 1 is 1.48 bits per heavy atom. The van der Waals surface area contributed by atoms with Crippen molar-refractivity contribution in [2.75, 3.05) is 34.2 Å². The minimum Gasteiger partial charge on any atom is -0.393 e. The largest absolute Gasteiger partial charge is 0.393 e. The molecule has 7 heteroatoms. The van der Waals surface area contributed by atoms with Crippen LogP contribution in [0.4, 0.5) is 4.79 Å². The molecule has 0 fully saturated rings. The van der Waals surface area contributed by atoms with E-state index >= 15 is 0 Å². The SMILES string of the molecule is CC(O)CCN(C)C(=O)NCC(c1cnn(C)c1)N(C)C. The Morgan fingerprint density at radius 3 is 2.62 bits per heavy atom. The molecule has 1 aromatic heterocycles. The first-order valence-corrected chi connectivity index (χ1v) is 7.13. The standard InChI is InChI=1S/C14H27N5O2/c1-11(20)6-7-18(4)14(21)15-9-13(17(2)3)12-8-16-19(5)10-12/h8,10-11,13,20H,6-7,9H2,1-5H3,(H,15,21). The Hall–Kier alpha value is -1.60. The van der Waals surface area contributed by atoms with E-state index in [1.165, 1.54) is 0 Å². The molecule has 0 saturated heterocycles. The van der Waals surface area contributed by atoms with Gasteiger partial charge in [0.15, 0.2) is 0 Å². The lowest BCUT2D eigenvalue weighted by atomic mass is 10.1. The van der Waals surface area contributed by atoms with Crippen LogP contribution in [0.5, 0.6) is 0 Å². The predicted octanol–water partition coefficient (Wildman–Crippen LogP) is 0.435. The fourth-order valence-corrected chi connectivity index (χ4v) is 2.01. The average molecular weight is 297 g/mol. The highest BCUT2D eigenvalue weighted by Crippen LogP contribution is 2.16. The Bertz CT molecular complexity index is 444. The van der Waals surface area contributed by atoms with Gasteiger partial charge in [-0.1, -0.05) is 0 Å². The number of aliphatic hydroxyl groups is 1. The van der Waals surface area contributed by atoms with Crippen LogP contribution in [0, 0.1) is 0 Å². The number of urea groups is 1. The number of nitrogens with zero attached hydrogens (tertiary/aromatic N) is 4. The third-order valence-electron chi connectivity index (χ3n) is 3.41. The summed E-state index contributed by atoms with van der Waals surface area (Å²) in [5, 5.41) is 16.3. The van der Waals surface area contributed by atoms with Gasteiger partial charge in [-0.3, -0.25) is 4.68 Å². The van der Waals surface area contributed by atoms with Gasteiger partial charge in [0.05, 0.1) is 18.3 Å². The molecule has 0 aromatic carbocycles. The van der Waals surface area contributed by atoms with E-state index in [4.69, 9.17) is 0 Å². The molecule has 0 aliphatic rings. The highest BCUT2D eigenvalue weighted by molar-refractivity contribution is 5.73. The molecule has 7 nitrogen and oxygen atoms in total. The lowest BCUT2D eigenvalue weighted by Gasteiger charge is -2.25. The number of aliphatic hydroxyl groups excluding tert-OH is 1. The number of aryl methyl sites for hydroxylation is 1. The number of hydrogen-bond acceptors (Lipinski definition) is 4. The van der Waals surface area contributed by atoms with Crippen molar-refractivity contribution in [3.63, 3.8) is 0 Å². The lowest BCUT2D eigenvalue weighted by molar-refractivity contribution is 0.162. The molecule has 0 saturated carbocycles. The van der Waals surface area contributed by atoms with Crippen molar-refractivity contribution in [3.05, 3.63) is 18.0 Å². The molecule has 1 aromatic rings. The normalized spacial score (nSPS) is 14.0. The van der Waals surface area contributed by atoms with Gasteiger partial charge in [0, 0.05) is 38.9 Å². The zero-order chi connectivity index (χ0) is 16.0. The zero-order valence-corrected chi connectivity index (χ0v) is 13.6. The van der Waals surface area contributed by atoms with Crippen molar-refractivity contribution in [1.82, 2.24) is 24.9 Å². The van der Waals surface area contributed by atoms with Crippen molar-refractivity contribution in [2.45, 2.75) is 25.5 Å². The molecule has 0 aliphatic heterocycles. The third kappa shape index (κ3) is 5.73. The Morgan fingerprint density at radius 2 is 2.14 bits per heavy atom. The number of amides is 2. The number of likely N-dealkylation sites (N-methyl/N-ethyl adjacent to an activating group) is 1. The molecule has 1 heterocycles. The summed E-state index contributed by atoms with van der Waals surface area (Å²) in [6.07, 6.45) is 3.94. The second-order valence-corrected chi connectivity index (χ2v) is 5.67. The van der Waals surface area contributed by atoms with Gasteiger partial charge in [0.2, 0.25) is 0 Å². The number of carbonyl (C=O) groups excluding carboxylic acids is 1. The van der Waals surface area contributed by atoms with Gasteiger partial charge in [-0.05, 0) is 27.4 Å². The Labute approximate surface area is 126 Å². The maximum absolute atomic E-state index is 12.0. The monoisotopic (exact) mass is 297 g/mol. The Balaban J connectivity index is 2.52. The molecule has 2 N–H and O–H groups in total. The second-order valence-electron chi connectivity index (χ2n) is 5.67. The zero-order valence-electron chi connectivity index (χ0n) is 13.6.